The van der Waals surface area contributed by atoms with E-state index in [0.717, 1.165) is 11.3 Å². The van der Waals surface area contributed by atoms with Crippen LogP contribution in [0.2, 0.25) is 0 Å². The number of ether oxygens (including phenoxy) is 1. The Morgan fingerprint density at radius 3 is 2.55 bits per heavy atom. The number of benzene rings is 2. The van der Waals surface area contributed by atoms with Gasteiger partial charge in [-0.05, 0) is 23.8 Å². The molecule has 0 aliphatic carbocycles. The molecule has 1 fully saturated rings. The third kappa shape index (κ3) is 3.60. The highest BCUT2D eigenvalue weighted by atomic mass is 19.1. The average Bonchev–Trinajstić information content (AvgIpc) is 3.14. The topological polar surface area (TPSA) is 102 Å². The van der Waals surface area contributed by atoms with Crippen LogP contribution in [0.4, 0.5) is 16.0 Å². The van der Waals surface area contributed by atoms with Crippen molar-refractivity contribution in [2.45, 2.75) is 5.41 Å². The maximum Gasteiger partial charge on any atom is 0.254 e. The van der Waals surface area contributed by atoms with E-state index in [1.807, 2.05) is 11.0 Å². The molecule has 2 N–H and O–H groups in total. The molecule has 2 aliphatic rings. The van der Waals surface area contributed by atoms with Crippen molar-refractivity contribution >= 4 is 23.5 Å². The standard InChI is InChI=1S/C24H22FN5O3/c1-29(11-21(26)31)22(32)15-6-7-18-20(8-15)30(12-24(18)13-33-14-24)23-27-9-16(10-28-23)17-4-2-3-5-19(17)25/h2-10H,11-14H2,1H3,(H2,26,31). The average molecular weight is 447 g/mol. The van der Waals surface area contributed by atoms with Crippen molar-refractivity contribution < 1.29 is 18.7 Å². The van der Waals surface area contributed by atoms with E-state index in [1.165, 1.54) is 18.0 Å². The summed E-state index contributed by atoms with van der Waals surface area (Å²) < 4.78 is 19.7. The Bertz CT molecular complexity index is 1240. The molecule has 1 spiro atoms. The Morgan fingerprint density at radius 1 is 1.18 bits per heavy atom. The molecule has 0 radical (unpaired) electrons. The van der Waals surface area contributed by atoms with Gasteiger partial charge in [0.1, 0.15) is 5.82 Å². The molecule has 2 aromatic carbocycles. The molecule has 9 heteroatoms. The van der Waals surface area contributed by atoms with Crippen molar-refractivity contribution in [3.05, 3.63) is 71.8 Å². The summed E-state index contributed by atoms with van der Waals surface area (Å²) in [5, 5.41) is 0. The first kappa shape index (κ1) is 21.0. The van der Waals surface area contributed by atoms with Gasteiger partial charge in [0, 0.05) is 48.4 Å². The number of carbonyl (C=O) groups is 2. The number of amides is 2. The number of anilines is 2. The molecule has 1 saturated heterocycles. The maximum absolute atomic E-state index is 14.1. The van der Waals surface area contributed by atoms with Gasteiger partial charge < -0.3 is 20.3 Å². The van der Waals surface area contributed by atoms with Gasteiger partial charge in [0.05, 0.1) is 25.2 Å². The van der Waals surface area contributed by atoms with Gasteiger partial charge in [-0.15, -0.1) is 0 Å². The Morgan fingerprint density at radius 2 is 1.91 bits per heavy atom. The van der Waals surface area contributed by atoms with Crippen LogP contribution in [0.5, 0.6) is 0 Å². The fourth-order valence-corrected chi connectivity index (χ4v) is 4.40. The predicted molar refractivity (Wildman–Crippen MR) is 120 cm³/mol. The van der Waals surface area contributed by atoms with Gasteiger partial charge in [-0.1, -0.05) is 24.3 Å². The Balaban J connectivity index is 1.49. The second-order valence-corrected chi connectivity index (χ2v) is 8.47. The Hall–Kier alpha value is -3.85. The first-order chi connectivity index (χ1) is 15.9. The molecule has 5 rings (SSSR count). The van der Waals surface area contributed by atoms with Gasteiger partial charge in [0.15, 0.2) is 0 Å². The van der Waals surface area contributed by atoms with Gasteiger partial charge in [0.25, 0.3) is 5.91 Å². The molecule has 0 unspecified atom stereocenters. The molecule has 0 bridgehead atoms. The summed E-state index contributed by atoms with van der Waals surface area (Å²) in [6.07, 6.45) is 3.19. The highest BCUT2D eigenvalue weighted by molar-refractivity contribution is 5.97. The van der Waals surface area contributed by atoms with Crippen LogP contribution in [-0.4, -0.2) is 60.0 Å². The van der Waals surface area contributed by atoms with Crippen LogP contribution in [0.15, 0.2) is 54.9 Å². The minimum absolute atomic E-state index is 0.169. The number of primary amides is 1. The van der Waals surface area contributed by atoms with Crippen molar-refractivity contribution in [2.24, 2.45) is 5.73 Å². The van der Waals surface area contributed by atoms with Crippen molar-refractivity contribution in [1.82, 2.24) is 14.9 Å². The van der Waals surface area contributed by atoms with Crippen LogP contribution in [0.3, 0.4) is 0 Å². The smallest absolute Gasteiger partial charge is 0.254 e. The molecule has 3 heterocycles. The van der Waals surface area contributed by atoms with Crippen molar-refractivity contribution in [1.29, 1.82) is 0 Å². The Kier molecular flexibility index (Phi) is 5.05. The van der Waals surface area contributed by atoms with Crippen LogP contribution < -0.4 is 10.6 Å². The largest absolute Gasteiger partial charge is 0.379 e. The summed E-state index contributed by atoms with van der Waals surface area (Å²) in [6, 6.07) is 11.9. The minimum Gasteiger partial charge on any atom is -0.379 e. The first-order valence-corrected chi connectivity index (χ1v) is 10.5. The van der Waals surface area contributed by atoms with Crippen LogP contribution in [-0.2, 0) is 14.9 Å². The first-order valence-electron chi connectivity index (χ1n) is 10.5. The number of halogens is 1. The number of nitrogens with two attached hydrogens (primary N) is 1. The normalized spacial score (nSPS) is 15.8. The number of hydrogen-bond acceptors (Lipinski definition) is 6. The van der Waals surface area contributed by atoms with Crippen molar-refractivity contribution in [2.75, 3.05) is 38.3 Å². The summed E-state index contributed by atoms with van der Waals surface area (Å²) in [7, 11) is 1.53. The monoisotopic (exact) mass is 447 g/mol. The molecule has 168 valence electrons. The van der Waals surface area contributed by atoms with E-state index in [-0.39, 0.29) is 23.7 Å². The summed E-state index contributed by atoms with van der Waals surface area (Å²) in [5.74, 6) is -0.773. The molecule has 2 amide bonds. The van der Waals surface area contributed by atoms with Gasteiger partial charge in [-0.25, -0.2) is 14.4 Å². The lowest BCUT2D eigenvalue weighted by Crippen LogP contribution is -2.49. The third-order valence-electron chi connectivity index (χ3n) is 6.13. The molecule has 3 aromatic rings. The molecule has 1 aromatic heterocycles. The van der Waals surface area contributed by atoms with Gasteiger partial charge in [0.2, 0.25) is 11.9 Å². The second-order valence-electron chi connectivity index (χ2n) is 8.47. The number of hydrogen-bond donors (Lipinski definition) is 1. The Labute approximate surface area is 189 Å². The zero-order valence-corrected chi connectivity index (χ0v) is 18.0. The number of aromatic nitrogens is 2. The summed E-state index contributed by atoms with van der Waals surface area (Å²) in [4.78, 5) is 36.3. The van der Waals surface area contributed by atoms with Crippen LogP contribution in [0.25, 0.3) is 11.1 Å². The highest BCUT2D eigenvalue weighted by Gasteiger charge is 2.49. The summed E-state index contributed by atoms with van der Waals surface area (Å²) in [6.45, 7) is 1.57. The third-order valence-corrected chi connectivity index (χ3v) is 6.13. The lowest BCUT2D eigenvalue weighted by molar-refractivity contribution is -0.118. The van der Waals surface area contributed by atoms with E-state index >= 15 is 0 Å². The van der Waals surface area contributed by atoms with E-state index < -0.39 is 5.91 Å². The quantitative estimate of drug-likeness (QED) is 0.644. The zero-order valence-electron chi connectivity index (χ0n) is 18.0. The van der Waals surface area contributed by atoms with E-state index in [9.17, 15) is 14.0 Å². The van der Waals surface area contributed by atoms with E-state index in [1.54, 1.807) is 42.7 Å². The van der Waals surface area contributed by atoms with E-state index in [4.69, 9.17) is 10.5 Å². The van der Waals surface area contributed by atoms with Gasteiger partial charge in [-0.3, -0.25) is 9.59 Å². The van der Waals surface area contributed by atoms with Crippen LogP contribution in [0.1, 0.15) is 15.9 Å². The molecular formula is C24H22FN5O3. The molecule has 33 heavy (non-hydrogen) atoms. The molecule has 0 atom stereocenters. The number of fused-ring (bicyclic) bond motifs is 2. The number of nitrogens with zero attached hydrogens (tertiary/aromatic N) is 4. The second kappa shape index (κ2) is 7.93. The summed E-state index contributed by atoms with van der Waals surface area (Å²) in [5.41, 5.74) is 8.35. The number of likely N-dealkylation sites (N-methyl/N-ethyl adjacent to an activating group) is 1. The lowest BCUT2D eigenvalue weighted by Gasteiger charge is -2.38. The molecule has 2 aliphatic heterocycles. The highest BCUT2D eigenvalue weighted by Crippen LogP contribution is 2.47. The lowest BCUT2D eigenvalue weighted by atomic mass is 9.80. The van der Waals surface area contributed by atoms with Crippen molar-refractivity contribution in [3.63, 3.8) is 0 Å². The minimum atomic E-state index is -0.581. The molecular weight excluding hydrogens is 425 g/mol. The summed E-state index contributed by atoms with van der Waals surface area (Å²) >= 11 is 0. The fourth-order valence-electron chi connectivity index (χ4n) is 4.40. The maximum atomic E-state index is 14.1. The molecule has 0 saturated carbocycles. The number of rotatable bonds is 5. The van der Waals surface area contributed by atoms with Crippen molar-refractivity contribution in [3.8, 4) is 11.1 Å². The van der Waals surface area contributed by atoms with Gasteiger partial charge in [-0.2, -0.15) is 0 Å². The van der Waals surface area contributed by atoms with Crippen LogP contribution in [0, 0.1) is 5.82 Å². The van der Waals surface area contributed by atoms with Gasteiger partial charge >= 0.3 is 0 Å². The zero-order chi connectivity index (χ0) is 23.2. The van der Waals surface area contributed by atoms with Crippen LogP contribution >= 0.6 is 0 Å². The predicted octanol–water partition coefficient (Wildman–Crippen LogP) is 2.26. The van der Waals surface area contributed by atoms with E-state index in [0.29, 0.717) is 42.4 Å². The van der Waals surface area contributed by atoms with E-state index in [2.05, 4.69) is 9.97 Å². The fraction of sp³-hybridized carbons (Fsp3) is 0.250. The number of carbonyl (C=O) groups excluding carboxylic acids is 2. The molecule has 8 nitrogen and oxygen atoms in total. The SMILES string of the molecule is CN(CC(N)=O)C(=O)c1ccc2c(c1)N(c1ncc(-c3ccccc3F)cn1)CC21COC1.